The number of methoxy groups -OCH3 is 1. The molecule has 11 nitrogen and oxygen atoms in total. The number of amides is 2. The van der Waals surface area contributed by atoms with E-state index in [1.165, 1.54) is 6.42 Å². The van der Waals surface area contributed by atoms with E-state index in [1.54, 1.807) is 32.1 Å². The molecule has 7 rings (SSSR count). The number of hydrogen-bond donors (Lipinski definition) is 5. The predicted octanol–water partition coefficient (Wildman–Crippen LogP) is 4.98. The molecular formula is C45H62N4O7. The molecule has 5 N–H and O–H groups in total. The molecule has 3 aromatic carbocycles. The van der Waals surface area contributed by atoms with Crippen molar-refractivity contribution in [3.63, 3.8) is 0 Å². The van der Waals surface area contributed by atoms with E-state index < -0.39 is 30.3 Å². The monoisotopic (exact) mass is 770 g/mol. The first kappa shape index (κ1) is 41.8. The summed E-state index contributed by atoms with van der Waals surface area (Å²) < 4.78 is 6.06. The van der Waals surface area contributed by atoms with E-state index in [2.05, 4.69) is 43.5 Å². The lowest BCUT2D eigenvalue weighted by Gasteiger charge is -2.62. The number of hydrogen-bond acceptors (Lipinski definition) is 9. The van der Waals surface area contributed by atoms with E-state index in [1.807, 2.05) is 67.5 Å². The molecule has 3 saturated carbocycles. The van der Waals surface area contributed by atoms with E-state index in [4.69, 9.17) is 9.57 Å². The normalized spacial score (nSPS) is 27.2. The fourth-order valence-corrected chi connectivity index (χ4v) is 9.78. The summed E-state index contributed by atoms with van der Waals surface area (Å²) in [4.78, 5) is 36.6. The number of benzene rings is 3. The molecule has 1 unspecified atom stereocenters. The number of rotatable bonds is 15. The SMILES string of the molecule is COc1c(CN2O[C@@H](CO)[C@H]([C@H](C)O)[C@H]2C(=O)N[C@H]2C[C@H]3C[C@@H]([C@@H]2C)C3(C)C)cccc1-c1cc(C(=O)N[C@@H](Cc2ccccc2)CN(C)C)cc(C(C)O)c1. The number of ether oxygens (including phenoxy) is 1. The zero-order valence-electron chi connectivity index (χ0n) is 34.2. The number of hydroxylamine groups is 2. The van der Waals surface area contributed by atoms with Gasteiger partial charge in [-0.1, -0.05) is 69.3 Å². The van der Waals surface area contributed by atoms with Gasteiger partial charge >= 0.3 is 0 Å². The predicted molar refractivity (Wildman–Crippen MR) is 217 cm³/mol. The highest BCUT2D eigenvalue weighted by atomic mass is 16.7. The quantitative estimate of drug-likeness (QED) is 0.145. The molecule has 4 aliphatic rings. The van der Waals surface area contributed by atoms with Crippen molar-refractivity contribution in [2.75, 3.05) is 34.4 Å². The van der Waals surface area contributed by atoms with Gasteiger partial charge < -0.3 is 35.6 Å². The fraction of sp³-hybridized carbons (Fsp3) is 0.556. The maximum absolute atomic E-state index is 14.3. The molecule has 4 fully saturated rings. The Morgan fingerprint density at radius 3 is 2.38 bits per heavy atom. The van der Waals surface area contributed by atoms with Gasteiger partial charge in [0.1, 0.15) is 17.9 Å². The highest BCUT2D eigenvalue weighted by Gasteiger charge is 2.57. The summed E-state index contributed by atoms with van der Waals surface area (Å²) in [5.41, 5.74) is 4.46. The molecule has 0 spiro atoms. The van der Waals surface area contributed by atoms with Gasteiger partial charge in [0.2, 0.25) is 5.91 Å². The van der Waals surface area contributed by atoms with Crippen LogP contribution in [0, 0.1) is 29.1 Å². The van der Waals surface area contributed by atoms with Crippen LogP contribution >= 0.6 is 0 Å². The largest absolute Gasteiger partial charge is 0.496 e. The lowest BCUT2D eigenvalue weighted by Crippen LogP contribution is -2.62. The maximum Gasteiger partial charge on any atom is 0.251 e. The molecule has 2 amide bonds. The van der Waals surface area contributed by atoms with E-state index in [-0.39, 0.29) is 42.5 Å². The van der Waals surface area contributed by atoms with E-state index in [0.717, 1.165) is 12.0 Å². The van der Waals surface area contributed by atoms with Gasteiger partial charge in [0, 0.05) is 41.2 Å². The molecule has 0 radical (unpaired) electrons. The molecule has 2 bridgehead atoms. The van der Waals surface area contributed by atoms with Gasteiger partial charge in [-0.3, -0.25) is 14.4 Å². The van der Waals surface area contributed by atoms with Gasteiger partial charge in [-0.25, -0.2) is 0 Å². The lowest BCUT2D eigenvalue weighted by molar-refractivity contribution is -0.183. The van der Waals surface area contributed by atoms with Crippen molar-refractivity contribution in [2.24, 2.45) is 29.1 Å². The number of nitrogens with zero attached hydrogens (tertiary/aromatic N) is 2. The summed E-state index contributed by atoms with van der Waals surface area (Å²) in [7, 11) is 5.53. The summed E-state index contributed by atoms with van der Waals surface area (Å²) in [5.74, 6) is 0.792. The minimum absolute atomic E-state index is 0.0194. The molecule has 3 aliphatic carbocycles. The van der Waals surface area contributed by atoms with Crippen LogP contribution in [0.3, 0.4) is 0 Å². The number of likely N-dealkylation sites (N-methyl/N-ethyl adjacent to an activating group) is 1. The Kier molecular flexibility index (Phi) is 12.9. The lowest BCUT2D eigenvalue weighted by atomic mass is 9.45. The van der Waals surface area contributed by atoms with Crippen LogP contribution in [0.2, 0.25) is 0 Å². The van der Waals surface area contributed by atoms with Crippen molar-refractivity contribution in [3.05, 3.63) is 89.0 Å². The van der Waals surface area contributed by atoms with Gasteiger partial charge in [0.15, 0.2) is 0 Å². The zero-order valence-corrected chi connectivity index (χ0v) is 34.2. The molecule has 56 heavy (non-hydrogen) atoms. The van der Waals surface area contributed by atoms with Crippen LogP contribution in [0.15, 0.2) is 66.7 Å². The Hall–Kier alpha value is -3.84. The standard InChI is InChI=1S/C45H62N4O7/c1-26-37-21-34(45(37,4)5)22-38(26)47-44(54)41-40(28(3)52)39(25-50)56-49(41)23-30-15-12-16-36(42(30)55-8)32-18-31(27(2)51)19-33(20-32)43(53)46-35(24-48(6)7)17-29-13-10-9-11-14-29/h9-16,18-20,26-28,34-35,37-41,50-52H,17,21-25H2,1-8H3,(H,46,53)(H,47,54)/t26-,27?,28-,34+,35-,37-,38-,39-,40-,41-/m0/s1. The smallest absolute Gasteiger partial charge is 0.251 e. The van der Waals surface area contributed by atoms with Crippen LogP contribution in [0.5, 0.6) is 5.75 Å². The Balaban J connectivity index is 1.28. The van der Waals surface area contributed by atoms with Gasteiger partial charge in [0.05, 0.1) is 32.5 Å². The number of aliphatic hydroxyl groups is 3. The summed E-state index contributed by atoms with van der Waals surface area (Å²) in [6.45, 7) is 10.6. The van der Waals surface area contributed by atoms with Crippen molar-refractivity contribution in [2.45, 2.75) is 96.9 Å². The van der Waals surface area contributed by atoms with Crippen molar-refractivity contribution in [1.82, 2.24) is 20.6 Å². The number of nitrogens with one attached hydrogen (secondary N) is 2. The van der Waals surface area contributed by atoms with Crippen LogP contribution < -0.4 is 15.4 Å². The Labute approximate surface area is 332 Å². The molecule has 3 aromatic rings. The minimum atomic E-state index is -0.921. The number of para-hydroxylation sites is 1. The molecule has 1 heterocycles. The van der Waals surface area contributed by atoms with Crippen molar-refractivity contribution in [1.29, 1.82) is 0 Å². The molecule has 304 valence electrons. The second-order valence-electron chi connectivity index (χ2n) is 17.4. The van der Waals surface area contributed by atoms with Crippen LogP contribution in [0.4, 0.5) is 0 Å². The van der Waals surface area contributed by atoms with E-state index in [0.29, 0.717) is 64.3 Å². The highest BCUT2D eigenvalue weighted by Crippen LogP contribution is 2.61. The summed E-state index contributed by atoms with van der Waals surface area (Å²) in [6.07, 6.45) is 0.222. The summed E-state index contributed by atoms with van der Waals surface area (Å²) in [6, 6.07) is 20.1. The first-order valence-electron chi connectivity index (χ1n) is 20.1. The van der Waals surface area contributed by atoms with Gasteiger partial charge in [-0.05, 0) is 105 Å². The average molecular weight is 771 g/mol. The Morgan fingerprint density at radius 2 is 1.77 bits per heavy atom. The van der Waals surface area contributed by atoms with Gasteiger partial charge in [-0.15, -0.1) is 0 Å². The Morgan fingerprint density at radius 1 is 1.04 bits per heavy atom. The van der Waals surface area contributed by atoms with Crippen molar-refractivity contribution < 1.29 is 34.5 Å². The minimum Gasteiger partial charge on any atom is -0.496 e. The third kappa shape index (κ3) is 8.68. The molecule has 10 atom stereocenters. The van der Waals surface area contributed by atoms with E-state index in [9.17, 15) is 24.9 Å². The second kappa shape index (κ2) is 17.3. The number of aliphatic hydroxyl groups excluding tert-OH is 3. The van der Waals surface area contributed by atoms with Crippen LogP contribution in [0.1, 0.15) is 80.6 Å². The fourth-order valence-electron chi connectivity index (χ4n) is 9.78. The highest BCUT2D eigenvalue weighted by molar-refractivity contribution is 5.96. The van der Waals surface area contributed by atoms with Crippen LogP contribution in [-0.2, 0) is 22.6 Å². The summed E-state index contributed by atoms with van der Waals surface area (Å²) in [5, 5.41) is 40.2. The maximum atomic E-state index is 14.3. The van der Waals surface area contributed by atoms with Crippen molar-refractivity contribution in [3.8, 4) is 16.9 Å². The second-order valence-corrected chi connectivity index (χ2v) is 17.4. The molecule has 11 heteroatoms. The van der Waals surface area contributed by atoms with E-state index >= 15 is 0 Å². The Bertz CT molecular complexity index is 1830. The van der Waals surface area contributed by atoms with Crippen LogP contribution in [0.25, 0.3) is 11.1 Å². The molecular weight excluding hydrogens is 709 g/mol. The number of carbonyl (C=O) groups excluding carboxylic acids is 2. The molecule has 1 aliphatic heterocycles. The summed E-state index contributed by atoms with van der Waals surface area (Å²) >= 11 is 0. The average Bonchev–Trinajstić information content (AvgIpc) is 3.53. The zero-order chi connectivity index (χ0) is 40.5. The third-order valence-corrected chi connectivity index (χ3v) is 12.9. The molecule has 1 saturated heterocycles. The van der Waals surface area contributed by atoms with Gasteiger partial charge in [0.25, 0.3) is 5.91 Å². The first-order valence-corrected chi connectivity index (χ1v) is 20.1. The topological polar surface area (TPSA) is 144 Å². The third-order valence-electron chi connectivity index (χ3n) is 12.9. The number of fused-ring (bicyclic) bond motifs is 2. The van der Waals surface area contributed by atoms with Gasteiger partial charge in [-0.2, -0.15) is 5.06 Å². The first-order chi connectivity index (χ1) is 26.6. The molecule has 0 aromatic heterocycles. The van der Waals surface area contributed by atoms with Crippen molar-refractivity contribution >= 4 is 11.8 Å². The number of carbonyl (C=O) groups is 2. The van der Waals surface area contributed by atoms with Crippen LogP contribution in [-0.4, -0.2) is 102 Å².